The third kappa shape index (κ3) is 4.04. The molecule has 1 rings (SSSR count). The van der Waals surface area contributed by atoms with Gasteiger partial charge in [-0.3, -0.25) is 4.90 Å². The first-order chi connectivity index (χ1) is 7.47. The molecule has 0 aliphatic carbocycles. The normalized spacial score (nSPS) is 25.7. The van der Waals surface area contributed by atoms with Crippen molar-refractivity contribution in [3.63, 3.8) is 0 Å². The van der Waals surface area contributed by atoms with Gasteiger partial charge >= 0.3 is 0 Å². The Hall–Kier alpha value is -0.120. The van der Waals surface area contributed by atoms with Gasteiger partial charge < -0.3 is 10.1 Å². The average Bonchev–Trinajstić information content (AvgIpc) is 2.24. The lowest BCUT2D eigenvalue weighted by Crippen LogP contribution is -2.50. The number of nitrogens with zero attached hydrogens (tertiary/aromatic N) is 1. The van der Waals surface area contributed by atoms with Crippen LogP contribution in [0.5, 0.6) is 0 Å². The van der Waals surface area contributed by atoms with Crippen molar-refractivity contribution in [1.29, 1.82) is 0 Å². The van der Waals surface area contributed by atoms with Crippen LogP contribution < -0.4 is 5.32 Å². The van der Waals surface area contributed by atoms with Crippen molar-refractivity contribution in [3.05, 3.63) is 0 Å². The lowest BCUT2D eigenvalue weighted by atomic mass is 9.86. The Morgan fingerprint density at radius 2 is 2.12 bits per heavy atom. The fourth-order valence-electron chi connectivity index (χ4n) is 2.43. The van der Waals surface area contributed by atoms with Crippen LogP contribution >= 0.6 is 0 Å². The van der Waals surface area contributed by atoms with Crippen LogP contribution in [-0.4, -0.2) is 50.8 Å². The van der Waals surface area contributed by atoms with Gasteiger partial charge in [-0.25, -0.2) is 0 Å². The molecule has 1 N–H and O–H groups in total. The van der Waals surface area contributed by atoms with Gasteiger partial charge in [-0.1, -0.05) is 20.8 Å². The second-order valence-corrected chi connectivity index (χ2v) is 5.97. The molecule has 0 aromatic rings. The Kier molecular flexibility index (Phi) is 5.22. The zero-order valence-corrected chi connectivity index (χ0v) is 11.5. The van der Waals surface area contributed by atoms with Gasteiger partial charge in [-0.15, -0.1) is 0 Å². The van der Waals surface area contributed by atoms with Gasteiger partial charge in [0, 0.05) is 26.2 Å². The summed E-state index contributed by atoms with van der Waals surface area (Å²) >= 11 is 0. The Bertz CT molecular complexity index is 201. The number of likely N-dealkylation sites (tertiary alicyclic amines) is 1. The van der Waals surface area contributed by atoms with E-state index in [9.17, 15) is 0 Å². The second-order valence-electron chi connectivity index (χ2n) is 5.97. The Labute approximate surface area is 101 Å². The van der Waals surface area contributed by atoms with Crippen LogP contribution in [0.2, 0.25) is 0 Å². The predicted octanol–water partition coefficient (Wildman–Crippen LogP) is 1.73. The molecule has 96 valence electrons. The summed E-state index contributed by atoms with van der Waals surface area (Å²) < 4.78 is 5.46. The van der Waals surface area contributed by atoms with Crippen LogP contribution in [-0.2, 0) is 4.74 Å². The minimum Gasteiger partial charge on any atom is -0.380 e. The maximum absolute atomic E-state index is 5.46. The van der Waals surface area contributed by atoms with Crippen LogP contribution in [0.4, 0.5) is 0 Å². The van der Waals surface area contributed by atoms with Gasteiger partial charge in [0.2, 0.25) is 0 Å². The standard InChI is InChI=1S/C13H28N2O/c1-13(2,3)12(14-4)10-15-8-6-7-11(9-15)16-5/h11-12,14H,6-10H2,1-5H3. The maximum atomic E-state index is 5.46. The van der Waals surface area contributed by atoms with E-state index in [2.05, 4.69) is 38.0 Å². The Morgan fingerprint density at radius 3 is 2.62 bits per heavy atom. The highest BCUT2D eigenvalue weighted by Crippen LogP contribution is 2.21. The molecule has 0 spiro atoms. The lowest BCUT2D eigenvalue weighted by Gasteiger charge is -2.38. The highest BCUT2D eigenvalue weighted by Gasteiger charge is 2.27. The summed E-state index contributed by atoms with van der Waals surface area (Å²) in [6.45, 7) is 10.3. The summed E-state index contributed by atoms with van der Waals surface area (Å²) in [6, 6.07) is 0.545. The summed E-state index contributed by atoms with van der Waals surface area (Å²) in [7, 11) is 3.89. The van der Waals surface area contributed by atoms with E-state index in [1.54, 1.807) is 0 Å². The fraction of sp³-hybridized carbons (Fsp3) is 1.00. The van der Waals surface area contributed by atoms with Crippen molar-refractivity contribution in [2.75, 3.05) is 33.8 Å². The first-order valence-electron chi connectivity index (χ1n) is 6.39. The van der Waals surface area contributed by atoms with Crippen molar-refractivity contribution in [2.45, 2.75) is 45.8 Å². The Balaban J connectivity index is 2.45. The van der Waals surface area contributed by atoms with Gasteiger partial charge in [-0.2, -0.15) is 0 Å². The van der Waals surface area contributed by atoms with E-state index in [1.165, 1.54) is 19.4 Å². The van der Waals surface area contributed by atoms with Crippen molar-refractivity contribution in [3.8, 4) is 0 Å². The molecule has 3 nitrogen and oxygen atoms in total. The van der Waals surface area contributed by atoms with Gasteiger partial charge in [0.05, 0.1) is 6.10 Å². The molecule has 1 fully saturated rings. The van der Waals surface area contributed by atoms with Crippen LogP contribution in [0.3, 0.4) is 0 Å². The highest BCUT2D eigenvalue weighted by molar-refractivity contribution is 4.84. The number of ether oxygens (including phenoxy) is 1. The van der Waals surface area contributed by atoms with Crippen LogP contribution in [0.15, 0.2) is 0 Å². The SMILES string of the molecule is CNC(CN1CCCC(OC)C1)C(C)(C)C. The predicted molar refractivity (Wildman–Crippen MR) is 68.8 cm³/mol. The number of methoxy groups -OCH3 is 1. The highest BCUT2D eigenvalue weighted by atomic mass is 16.5. The first kappa shape index (κ1) is 13.9. The second kappa shape index (κ2) is 5.99. The van der Waals surface area contributed by atoms with Crippen LogP contribution in [0.25, 0.3) is 0 Å². The van der Waals surface area contributed by atoms with E-state index in [0.717, 1.165) is 13.1 Å². The van der Waals surface area contributed by atoms with Gasteiger partial charge in [0.15, 0.2) is 0 Å². The van der Waals surface area contributed by atoms with Crippen molar-refractivity contribution in [1.82, 2.24) is 10.2 Å². The van der Waals surface area contributed by atoms with Crippen molar-refractivity contribution in [2.24, 2.45) is 5.41 Å². The largest absolute Gasteiger partial charge is 0.380 e. The summed E-state index contributed by atoms with van der Waals surface area (Å²) in [6.07, 6.45) is 2.91. The fourth-order valence-corrected chi connectivity index (χ4v) is 2.43. The molecule has 0 aromatic carbocycles. The van der Waals surface area contributed by atoms with E-state index in [1.807, 2.05) is 7.11 Å². The third-order valence-corrected chi connectivity index (χ3v) is 3.63. The third-order valence-electron chi connectivity index (χ3n) is 3.63. The molecule has 0 bridgehead atoms. The van der Waals surface area contributed by atoms with Gasteiger partial charge in [0.25, 0.3) is 0 Å². The number of rotatable bonds is 4. The number of nitrogens with one attached hydrogen (secondary N) is 1. The van der Waals surface area contributed by atoms with Crippen LogP contribution in [0.1, 0.15) is 33.6 Å². The number of hydrogen-bond acceptors (Lipinski definition) is 3. The molecule has 1 saturated heterocycles. The zero-order valence-electron chi connectivity index (χ0n) is 11.5. The topological polar surface area (TPSA) is 24.5 Å². The summed E-state index contributed by atoms with van der Waals surface area (Å²) in [5.41, 5.74) is 0.314. The molecular weight excluding hydrogens is 200 g/mol. The summed E-state index contributed by atoms with van der Waals surface area (Å²) in [5.74, 6) is 0. The van der Waals surface area contributed by atoms with E-state index in [-0.39, 0.29) is 0 Å². The van der Waals surface area contributed by atoms with Gasteiger partial charge in [0.1, 0.15) is 0 Å². The molecule has 16 heavy (non-hydrogen) atoms. The number of hydrogen-bond donors (Lipinski definition) is 1. The molecule has 1 heterocycles. The van der Waals surface area contributed by atoms with Crippen molar-refractivity contribution < 1.29 is 4.74 Å². The molecule has 0 amide bonds. The van der Waals surface area contributed by atoms with E-state index >= 15 is 0 Å². The minimum absolute atomic E-state index is 0.314. The molecular formula is C13H28N2O. The maximum Gasteiger partial charge on any atom is 0.0698 e. The molecule has 0 radical (unpaired) electrons. The van der Waals surface area contributed by atoms with E-state index < -0.39 is 0 Å². The summed E-state index contributed by atoms with van der Waals surface area (Å²) in [4.78, 5) is 2.53. The first-order valence-corrected chi connectivity index (χ1v) is 6.39. The molecule has 3 heteroatoms. The molecule has 1 aliphatic rings. The zero-order chi connectivity index (χ0) is 12.2. The molecule has 2 unspecified atom stereocenters. The van der Waals surface area contributed by atoms with Crippen molar-refractivity contribution >= 4 is 0 Å². The molecule has 0 aromatic heterocycles. The number of piperidine rings is 1. The quantitative estimate of drug-likeness (QED) is 0.793. The smallest absolute Gasteiger partial charge is 0.0698 e. The van der Waals surface area contributed by atoms with Gasteiger partial charge in [-0.05, 0) is 31.8 Å². The molecule has 0 saturated carbocycles. The average molecular weight is 228 g/mol. The van der Waals surface area contributed by atoms with E-state index in [0.29, 0.717) is 17.6 Å². The molecule has 2 atom stereocenters. The lowest BCUT2D eigenvalue weighted by molar-refractivity contribution is 0.0230. The van der Waals surface area contributed by atoms with Crippen LogP contribution in [0, 0.1) is 5.41 Å². The molecule has 1 aliphatic heterocycles. The number of likely N-dealkylation sites (N-methyl/N-ethyl adjacent to an activating group) is 1. The minimum atomic E-state index is 0.314. The Morgan fingerprint density at radius 1 is 1.44 bits per heavy atom. The monoisotopic (exact) mass is 228 g/mol. The summed E-state index contributed by atoms with van der Waals surface area (Å²) in [5, 5.41) is 3.44. The van der Waals surface area contributed by atoms with E-state index in [4.69, 9.17) is 4.74 Å².